The number of aromatic nitrogens is 1. The Balaban J connectivity index is 0.000000202. The fraction of sp³-hybridized carbons (Fsp3) is 0.324. The zero-order valence-electron chi connectivity index (χ0n) is 26.5. The van der Waals surface area contributed by atoms with Gasteiger partial charge in [0.15, 0.2) is 0 Å². The van der Waals surface area contributed by atoms with Crippen molar-refractivity contribution in [2.45, 2.75) is 12.8 Å². The molecule has 3 aromatic heterocycles. The lowest BCUT2D eigenvalue weighted by Crippen LogP contribution is -2.46. The highest BCUT2D eigenvalue weighted by Crippen LogP contribution is 2.32. The van der Waals surface area contributed by atoms with E-state index in [1.807, 2.05) is 46.9 Å². The number of nitrogens with zero attached hydrogens (tertiary/aromatic N) is 3. The molecule has 2 aliphatic heterocycles. The molecule has 5 heterocycles. The summed E-state index contributed by atoms with van der Waals surface area (Å²) in [6.07, 6.45) is 2.16. The number of halogens is 1. The molecule has 246 valence electrons. The Morgan fingerprint density at radius 2 is 1.34 bits per heavy atom. The quantitative estimate of drug-likeness (QED) is 0.162. The number of hydrogen-bond acceptors (Lipinski definition) is 8. The summed E-state index contributed by atoms with van der Waals surface area (Å²) in [5, 5.41) is 11.6. The van der Waals surface area contributed by atoms with E-state index < -0.39 is 0 Å². The normalized spacial score (nSPS) is 15.4. The zero-order chi connectivity index (χ0) is 31.1. The van der Waals surface area contributed by atoms with Gasteiger partial charge in [-0.3, -0.25) is 9.69 Å². The molecule has 10 heteroatoms. The standard InChI is InChI=1S/C25H27N3O2S.C12H14N2S.ClH/c29-25-9-7-19-6-8-20(18-22(19)26-25)30-16-2-1-11-27-12-14-28(15-13-27)23-4-3-5-24-21(23)10-17-31-24;1-2-11(14-7-5-13-6-8-14)10-4-9-15-12(10)3-1;/h3-10,17-18H,1-2,11-16H2,(H,26,29);1-4,9,13H,5-8H2;1H. The van der Waals surface area contributed by atoms with Crippen molar-refractivity contribution in [1.29, 1.82) is 0 Å². The minimum atomic E-state index is -0.0863. The number of thiophene rings is 2. The molecule has 0 bridgehead atoms. The van der Waals surface area contributed by atoms with Crippen LogP contribution in [0.4, 0.5) is 11.4 Å². The van der Waals surface area contributed by atoms with E-state index in [0.29, 0.717) is 6.61 Å². The van der Waals surface area contributed by atoms with Gasteiger partial charge < -0.3 is 24.8 Å². The highest BCUT2D eigenvalue weighted by atomic mass is 35.5. The van der Waals surface area contributed by atoms with Crippen LogP contribution >= 0.6 is 35.1 Å². The fourth-order valence-electron chi connectivity index (χ4n) is 6.47. The molecule has 0 spiro atoms. The van der Waals surface area contributed by atoms with Crippen molar-refractivity contribution in [3.8, 4) is 5.75 Å². The van der Waals surface area contributed by atoms with Crippen molar-refractivity contribution in [2.75, 3.05) is 75.3 Å². The van der Waals surface area contributed by atoms with Crippen LogP contribution in [0, 0.1) is 0 Å². The molecule has 8 rings (SSSR count). The Kier molecular flexibility index (Phi) is 11.3. The second-order valence-corrected chi connectivity index (χ2v) is 13.8. The van der Waals surface area contributed by atoms with Crippen molar-refractivity contribution in [1.82, 2.24) is 15.2 Å². The molecular weight excluding hydrogens is 646 g/mol. The van der Waals surface area contributed by atoms with Crippen LogP contribution in [0.25, 0.3) is 31.1 Å². The van der Waals surface area contributed by atoms with Crippen LogP contribution in [0.15, 0.2) is 94.4 Å². The number of nitrogens with one attached hydrogen (secondary N) is 2. The summed E-state index contributed by atoms with van der Waals surface area (Å²) < 4.78 is 8.67. The number of H-pyrrole nitrogens is 1. The lowest BCUT2D eigenvalue weighted by molar-refractivity contribution is 0.239. The first kappa shape index (κ1) is 33.3. The maximum Gasteiger partial charge on any atom is 0.248 e. The topological polar surface area (TPSA) is 63.8 Å². The molecule has 47 heavy (non-hydrogen) atoms. The summed E-state index contributed by atoms with van der Waals surface area (Å²) in [6.45, 7) is 10.6. The average Bonchev–Trinajstić information content (AvgIpc) is 3.79. The largest absolute Gasteiger partial charge is 0.494 e. The first-order chi connectivity index (χ1) is 22.7. The fourth-order valence-corrected chi connectivity index (χ4v) is 8.09. The van der Waals surface area contributed by atoms with Gasteiger partial charge in [-0.2, -0.15) is 0 Å². The van der Waals surface area contributed by atoms with E-state index in [1.54, 1.807) is 6.07 Å². The van der Waals surface area contributed by atoms with Crippen molar-refractivity contribution < 1.29 is 4.74 Å². The number of anilines is 2. The third kappa shape index (κ3) is 8.11. The third-order valence-electron chi connectivity index (χ3n) is 8.95. The minimum Gasteiger partial charge on any atom is -0.494 e. The van der Waals surface area contributed by atoms with Gasteiger partial charge in [-0.1, -0.05) is 12.1 Å². The summed E-state index contributed by atoms with van der Waals surface area (Å²) in [5.41, 5.74) is 3.51. The summed E-state index contributed by atoms with van der Waals surface area (Å²) in [5.74, 6) is 0.811. The summed E-state index contributed by atoms with van der Waals surface area (Å²) in [6, 6.07) is 26.9. The Hall–Kier alpha value is -3.60. The summed E-state index contributed by atoms with van der Waals surface area (Å²) in [4.78, 5) is 21.9. The number of piperazine rings is 2. The van der Waals surface area contributed by atoms with E-state index in [-0.39, 0.29) is 18.0 Å². The first-order valence-corrected chi connectivity index (χ1v) is 18.1. The molecule has 0 saturated carbocycles. The Morgan fingerprint density at radius 1 is 0.702 bits per heavy atom. The van der Waals surface area contributed by atoms with Gasteiger partial charge in [0.05, 0.1) is 12.1 Å². The van der Waals surface area contributed by atoms with Crippen molar-refractivity contribution >= 4 is 77.5 Å². The van der Waals surface area contributed by atoms with Crippen molar-refractivity contribution in [2.24, 2.45) is 0 Å². The van der Waals surface area contributed by atoms with Gasteiger partial charge in [0.25, 0.3) is 0 Å². The van der Waals surface area contributed by atoms with Crippen molar-refractivity contribution in [3.63, 3.8) is 0 Å². The molecule has 2 aliphatic rings. The minimum absolute atomic E-state index is 0. The lowest BCUT2D eigenvalue weighted by Gasteiger charge is -2.36. The van der Waals surface area contributed by atoms with Gasteiger partial charge in [-0.25, -0.2) is 0 Å². The van der Waals surface area contributed by atoms with Crippen molar-refractivity contribution in [3.05, 3.63) is 100.0 Å². The van der Waals surface area contributed by atoms with E-state index in [0.717, 1.165) is 88.4 Å². The summed E-state index contributed by atoms with van der Waals surface area (Å²) in [7, 11) is 0. The number of ether oxygens (including phenoxy) is 1. The Bertz CT molecular complexity index is 1940. The highest BCUT2D eigenvalue weighted by Gasteiger charge is 2.18. The second-order valence-electron chi connectivity index (χ2n) is 11.9. The molecular formula is C37H42ClN5O2S2. The number of hydrogen-bond donors (Lipinski definition) is 2. The second kappa shape index (κ2) is 16.0. The SMILES string of the molecule is Cl.O=c1ccc2ccc(OCCCCN3CCN(c4cccc5sccc45)CC3)cc2[nH]1.c1cc(N2CCNCC2)c2ccsc2c1. The van der Waals surface area contributed by atoms with E-state index >= 15 is 0 Å². The van der Waals surface area contributed by atoms with Gasteiger partial charge in [0, 0.05) is 96.0 Å². The molecule has 0 unspecified atom stereocenters. The molecule has 0 atom stereocenters. The van der Waals surface area contributed by atoms with Crippen LogP contribution in [-0.2, 0) is 0 Å². The van der Waals surface area contributed by atoms with Crippen LogP contribution in [0.5, 0.6) is 5.75 Å². The maximum absolute atomic E-state index is 11.5. The van der Waals surface area contributed by atoms with E-state index in [4.69, 9.17) is 4.74 Å². The molecule has 0 amide bonds. The number of aromatic amines is 1. The monoisotopic (exact) mass is 687 g/mol. The first-order valence-electron chi connectivity index (χ1n) is 16.3. The number of pyridine rings is 1. The van der Waals surface area contributed by atoms with Crippen LogP contribution < -0.4 is 25.4 Å². The molecule has 0 aliphatic carbocycles. The van der Waals surface area contributed by atoms with Crippen LogP contribution in [0.3, 0.4) is 0 Å². The molecule has 3 aromatic carbocycles. The van der Waals surface area contributed by atoms with Crippen LogP contribution in [-0.4, -0.2) is 75.4 Å². The predicted molar refractivity (Wildman–Crippen MR) is 204 cm³/mol. The smallest absolute Gasteiger partial charge is 0.248 e. The van der Waals surface area contributed by atoms with Gasteiger partial charge in [0.1, 0.15) is 5.75 Å². The van der Waals surface area contributed by atoms with Crippen LogP contribution in [0.1, 0.15) is 12.8 Å². The van der Waals surface area contributed by atoms with Crippen LogP contribution in [0.2, 0.25) is 0 Å². The lowest BCUT2D eigenvalue weighted by atomic mass is 10.2. The zero-order valence-corrected chi connectivity index (χ0v) is 29.0. The molecule has 7 nitrogen and oxygen atoms in total. The maximum atomic E-state index is 11.5. The average molecular weight is 688 g/mol. The molecule has 2 fully saturated rings. The number of benzene rings is 3. The molecule has 6 aromatic rings. The molecule has 0 radical (unpaired) electrons. The molecule has 2 saturated heterocycles. The number of rotatable bonds is 8. The highest BCUT2D eigenvalue weighted by molar-refractivity contribution is 7.17. The number of unbranched alkanes of at least 4 members (excludes halogenated alkanes) is 1. The Morgan fingerprint density at radius 3 is 2.02 bits per heavy atom. The summed E-state index contributed by atoms with van der Waals surface area (Å²) >= 11 is 3.64. The van der Waals surface area contributed by atoms with E-state index in [9.17, 15) is 4.79 Å². The van der Waals surface area contributed by atoms with Gasteiger partial charge >= 0.3 is 0 Å². The molecule has 2 N–H and O–H groups in total. The van der Waals surface area contributed by atoms with Gasteiger partial charge in [0.2, 0.25) is 5.56 Å². The Labute approximate surface area is 290 Å². The van der Waals surface area contributed by atoms with Gasteiger partial charge in [-0.15, -0.1) is 35.1 Å². The van der Waals surface area contributed by atoms with Gasteiger partial charge in [-0.05, 0) is 90.1 Å². The predicted octanol–water partition coefficient (Wildman–Crippen LogP) is 7.46. The number of fused-ring (bicyclic) bond motifs is 3. The van der Waals surface area contributed by atoms with E-state index in [2.05, 4.69) is 84.3 Å². The van der Waals surface area contributed by atoms with E-state index in [1.165, 1.54) is 31.5 Å². The third-order valence-corrected chi connectivity index (χ3v) is 10.7.